The summed E-state index contributed by atoms with van der Waals surface area (Å²) in [7, 11) is -2.38. The van der Waals surface area contributed by atoms with Crippen molar-refractivity contribution in [2.75, 3.05) is 12.4 Å². The van der Waals surface area contributed by atoms with E-state index >= 15 is 0 Å². The van der Waals surface area contributed by atoms with Gasteiger partial charge < -0.3 is 10.2 Å². The van der Waals surface area contributed by atoms with Crippen LogP contribution in [0.1, 0.15) is 23.7 Å². The van der Waals surface area contributed by atoms with E-state index in [1.165, 1.54) is 37.4 Å². The predicted molar refractivity (Wildman–Crippen MR) is 102 cm³/mol. The van der Waals surface area contributed by atoms with Gasteiger partial charge >= 0.3 is 6.18 Å². The third kappa shape index (κ3) is 4.47. The molecule has 2 aromatic rings. The van der Waals surface area contributed by atoms with E-state index in [9.17, 15) is 21.6 Å². The highest BCUT2D eigenvalue weighted by molar-refractivity contribution is 9.18. The Labute approximate surface area is 167 Å². The molecule has 1 heterocycles. The first-order valence-corrected chi connectivity index (χ1v) is 10.3. The van der Waals surface area contributed by atoms with E-state index in [-0.39, 0.29) is 4.90 Å². The van der Waals surface area contributed by atoms with E-state index in [1.54, 1.807) is 0 Å². The lowest BCUT2D eigenvalue weighted by atomic mass is 10.0. The zero-order chi connectivity index (χ0) is 20.5. The summed E-state index contributed by atoms with van der Waals surface area (Å²) in [5, 5.41) is 6.82. The second-order valence-corrected chi connectivity index (χ2v) is 8.72. The Balaban J connectivity index is 1.95. The number of oxime groups is 1. The molecule has 0 saturated heterocycles. The van der Waals surface area contributed by atoms with Gasteiger partial charge in [0.2, 0.25) is 10.0 Å². The monoisotopic (exact) mass is 477 g/mol. The van der Waals surface area contributed by atoms with Crippen molar-refractivity contribution in [3.05, 3.63) is 53.6 Å². The Morgan fingerprint density at radius 3 is 2.39 bits per heavy atom. The molecule has 0 unspecified atom stereocenters. The molecule has 1 aliphatic rings. The van der Waals surface area contributed by atoms with Gasteiger partial charge in [0.1, 0.15) is 4.62 Å². The molecule has 3 rings (SSSR count). The quantitative estimate of drug-likeness (QED) is 0.662. The van der Waals surface area contributed by atoms with Crippen molar-refractivity contribution in [2.24, 2.45) is 5.16 Å². The molecule has 0 fully saturated rings. The summed E-state index contributed by atoms with van der Waals surface area (Å²) in [6, 6.07) is 8.91. The number of alkyl halides is 3. The van der Waals surface area contributed by atoms with Gasteiger partial charge in [-0.3, -0.25) is 0 Å². The number of rotatable bonds is 5. The Morgan fingerprint density at radius 2 is 1.86 bits per heavy atom. The maximum Gasteiger partial charge on any atom is 0.416 e. The first kappa shape index (κ1) is 20.6. The zero-order valence-electron chi connectivity index (χ0n) is 14.4. The highest BCUT2D eigenvalue weighted by Gasteiger charge is 2.30. The summed E-state index contributed by atoms with van der Waals surface area (Å²) in [5.41, 5.74) is 0.660. The van der Waals surface area contributed by atoms with E-state index in [0.29, 0.717) is 28.0 Å². The summed E-state index contributed by atoms with van der Waals surface area (Å²) in [6.07, 6.45) is -4.57. The van der Waals surface area contributed by atoms with Crippen LogP contribution in [-0.2, 0) is 21.0 Å². The fraction of sp³-hybridized carbons (Fsp3) is 0.235. The van der Waals surface area contributed by atoms with Gasteiger partial charge in [-0.2, -0.15) is 13.2 Å². The molecule has 6 nitrogen and oxygen atoms in total. The highest BCUT2D eigenvalue weighted by Crippen LogP contribution is 2.37. The van der Waals surface area contributed by atoms with Crippen molar-refractivity contribution < 1.29 is 26.4 Å². The lowest BCUT2D eigenvalue weighted by Crippen LogP contribution is -2.19. The van der Waals surface area contributed by atoms with Crippen LogP contribution in [-0.4, -0.2) is 20.1 Å². The molecule has 0 spiro atoms. The van der Waals surface area contributed by atoms with Crippen molar-refractivity contribution in [1.29, 1.82) is 0 Å². The second-order valence-electron chi connectivity index (χ2n) is 5.92. The molecule has 28 heavy (non-hydrogen) atoms. The van der Waals surface area contributed by atoms with Crippen molar-refractivity contribution in [3.63, 3.8) is 0 Å². The van der Waals surface area contributed by atoms with E-state index < -0.39 is 27.9 Å². The van der Waals surface area contributed by atoms with Crippen LogP contribution in [0.2, 0.25) is 0 Å². The summed E-state index contributed by atoms with van der Waals surface area (Å²) in [5.74, 6) is 0. The number of nitrogens with one attached hydrogen (secondary N) is 2. The van der Waals surface area contributed by atoms with Crippen LogP contribution < -0.4 is 10.0 Å². The average molecular weight is 478 g/mol. The number of sulfonamides is 1. The largest absolute Gasteiger partial charge is 0.416 e. The molecule has 0 amide bonds. The van der Waals surface area contributed by atoms with Crippen LogP contribution in [0.3, 0.4) is 0 Å². The Morgan fingerprint density at radius 1 is 1.18 bits per heavy atom. The van der Waals surface area contributed by atoms with E-state index in [0.717, 1.165) is 12.1 Å². The SMILES string of the molecule is CNS(=O)(=O)c1ccc(Nc2ccc(C(F)(F)F)cc2)c([C@H]2CC(Br)=NO2)c1. The topological polar surface area (TPSA) is 79.8 Å². The van der Waals surface area contributed by atoms with Crippen molar-refractivity contribution >= 4 is 41.9 Å². The van der Waals surface area contributed by atoms with Crippen LogP contribution >= 0.6 is 15.9 Å². The van der Waals surface area contributed by atoms with Crippen LogP contribution in [0.15, 0.2) is 52.5 Å². The molecule has 1 atom stereocenters. The Hall–Kier alpha value is -2.11. The molecule has 0 bridgehead atoms. The van der Waals surface area contributed by atoms with Crippen molar-refractivity contribution in [3.8, 4) is 0 Å². The minimum absolute atomic E-state index is 0.0367. The Bertz CT molecular complexity index is 1010. The minimum Gasteiger partial charge on any atom is -0.386 e. The number of anilines is 2. The normalized spacial score (nSPS) is 17.2. The lowest BCUT2D eigenvalue weighted by molar-refractivity contribution is -0.137. The van der Waals surface area contributed by atoms with Crippen molar-refractivity contribution in [1.82, 2.24) is 4.72 Å². The fourth-order valence-electron chi connectivity index (χ4n) is 2.62. The first-order chi connectivity index (χ1) is 13.1. The van der Waals surface area contributed by atoms with Crippen LogP contribution in [0.25, 0.3) is 0 Å². The van der Waals surface area contributed by atoms with E-state index in [2.05, 4.69) is 31.1 Å². The predicted octanol–water partition coefficient (Wildman–Crippen LogP) is 4.53. The number of hydrogen-bond acceptors (Lipinski definition) is 5. The second kappa shape index (κ2) is 7.72. The molecule has 0 aliphatic carbocycles. The molecule has 0 aromatic heterocycles. The summed E-state index contributed by atoms with van der Waals surface area (Å²) in [6.45, 7) is 0. The van der Waals surface area contributed by atoms with E-state index in [1.807, 2.05) is 0 Å². The number of benzene rings is 2. The smallest absolute Gasteiger partial charge is 0.386 e. The summed E-state index contributed by atoms with van der Waals surface area (Å²) in [4.78, 5) is 5.37. The number of nitrogens with zero attached hydrogens (tertiary/aromatic N) is 1. The lowest BCUT2D eigenvalue weighted by Gasteiger charge is -2.17. The molecule has 0 saturated carbocycles. The van der Waals surface area contributed by atoms with Gasteiger partial charge in [0, 0.05) is 23.4 Å². The average Bonchev–Trinajstić information content (AvgIpc) is 3.08. The van der Waals surface area contributed by atoms with Crippen molar-refractivity contribution in [2.45, 2.75) is 23.6 Å². The Kier molecular flexibility index (Phi) is 5.69. The molecule has 1 aliphatic heterocycles. The maximum absolute atomic E-state index is 12.7. The maximum atomic E-state index is 12.7. The van der Waals surface area contributed by atoms with Gasteiger partial charge in [0.05, 0.1) is 10.5 Å². The number of halogens is 4. The number of hydrogen-bond donors (Lipinski definition) is 2. The standard InChI is InChI=1S/C17H15BrF3N3O3S/c1-22-28(25,26)12-6-7-14(13(8-12)15-9-16(18)24-27-15)23-11-4-2-10(3-5-11)17(19,20)21/h2-8,15,22-23H,9H2,1H3/t15-/m1/s1. The van der Waals surface area contributed by atoms with Gasteiger partial charge in [0.25, 0.3) is 0 Å². The fourth-order valence-corrected chi connectivity index (χ4v) is 3.76. The van der Waals surface area contributed by atoms with Gasteiger partial charge in [-0.15, -0.1) is 0 Å². The molecular formula is C17H15BrF3N3O3S. The molecule has 0 radical (unpaired) electrons. The first-order valence-electron chi connectivity index (χ1n) is 8.00. The minimum atomic E-state index is -4.42. The van der Waals surface area contributed by atoms with Gasteiger partial charge in [-0.25, -0.2) is 13.1 Å². The summed E-state index contributed by atoms with van der Waals surface area (Å²) < 4.78 is 65.2. The van der Waals surface area contributed by atoms with Crippen LogP contribution in [0.4, 0.5) is 24.5 Å². The van der Waals surface area contributed by atoms with E-state index in [4.69, 9.17) is 4.84 Å². The molecule has 11 heteroatoms. The van der Waals surface area contributed by atoms with Gasteiger partial charge in [0.15, 0.2) is 6.10 Å². The highest BCUT2D eigenvalue weighted by atomic mass is 79.9. The summed E-state index contributed by atoms with van der Waals surface area (Å²) >= 11 is 3.23. The third-order valence-electron chi connectivity index (χ3n) is 4.07. The molecular weight excluding hydrogens is 463 g/mol. The molecule has 150 valence electrons. The van der Waals surface area contributed by atoms with Gasteiger partial charge in [-0.05, 0) is 65.4 Å². The molecule has 2 N–H and O–H groups in total. The van der Waals surface area contributed by atoms with Crippen LogP contribution in [0.5, 0.6) is 0 Å². The molecule has 2 aromatic carbocycles. The van der Waals surface area contributed by atoms with Crippen LogP contribution in [0, 0.1) is 0 Å². The zero-order valence-corrected chi connectivity index (χ0v) is 16.8. The third-order valence-corrected chi connectivity index (χ3v) is 5.95. The van der Waals surface area contributed by atoms with Gasteiger partial charge in [-0.1, -0.05) is 5.16 Å².